The van der Waals surface area contributed by atoms with Crippen molar-refractivity contribution in [2.75, 3.05) is 13.2 Å². The second-order valence-corrected chi connectivity index (χ2v) is 4.74. The highest BCUT2D eigenvalue weighted by Crippen LogP contribution is 2.31. The van der Waals surface area contributed by atoms with E-state index in [0.717, 1.165) is 31.1 Å². The van der Waals surface area contributed by atoms with Gasteiger partial charge in [-0.3, -0.25) is 0 Å². The zero-order chi connectivity index (χ0) is 10.8. The number of rotatable bonds is 1. The molecule has 1 heterocycles. The number of ether oxygens (including phenoxy) is 1. The molecule has 0 aliphatic carbocycles. The lowest BCUT2D eigenvalue weighted by molar-refractivity contribution is 0.0853. The van der Waals surface area contributed by atoms with E-state index < -0.39 is 0 Å². The van der Waals surface area contributed by atoms with E-state index >= 15 is 0 Å². The maximum absolute atomic E-state index is 6.21. The number of benzene rings is 1. The summed E-state index contributed by atoms with van der Waals surface area (Å²) in [6.45, 7) is 5.97. The van der Waals surface area contributed by atoms with Crippen LogP contribution in [0.4, 0.5) is 0 Å². The second-order valence-electron chi connectivity index (χ2n) is 4.33. The van der Waals surface area contributed by atoms with E-state index in [9.17, 15) is 0 Å². The molecular weight excluding hydrogens is 208 g/mol. The molecule has 1 saturated heterocycles. The molecule has 1 aliphatic heterocycles. The van der Waals surface area contributed by atoms with Crippen LogP contribution >= 0.6 is 11.6 Å². The van der Waals surface area contributed by atoms with Gasteiger partial charge in [-0.2, -0.15) is 0 Å². The molecule has 0 atom stereocenters. The number of hydrogen-bond acceptors (Lipinski definition) is 1. The van der Waals surface area contributed by atoms with Crippen LogP contribution in [0.5, 0.6) is 0 Å². The van der Waals surface area contributed by atoms with Gasteiger partial charge in [0.25, 0.3) is 0 Å². The first-order valence-electron chi connectivity index (χ1n) is 5.53. The molecule has 0 radical (unpaired) electrons. The summed E-state index contributed by atoms with van der Waals surface area (Å²) in [5.74, 6) is 0.635. The first-order chi connectivity index (χ1) is 7.18. The van der Waals surface area contributed by atoms with Crippen molar-refractivity contribution >= 4 is 11.6 Å². The molecule has 2 heteroatoms. The van der Waals surface area contributed by atoms with Gasteiger partial charge in [0.05, 0.1) is 0 Å². The minimum atomic E-state index is 0.635. The molecule has 0 unspecified atom stereocenters. The Morgan fingerprint density at radius 1 is 1.20 bits per heavy atom. The summed E-state index contributed by atoms with van der Waals surface area (Å²) in [5, 5.41) is 0.900. The summed E-state index contributed by atoms with van der Waals surface area (Å²) in [6.07, 6.45) is 2.25. The molecule has 0 aromatic heterocycles. The first-order valence-corrected chi connectivity index (χ1v) is 5.90. The van der Waals surface area contributed by atoms with Crippen LogP contribution in [0.2, 0.25) is 5.02 Å². The number of halogens is 1. The highest BCUT2D eigenvalue weighted by Gasteiger charge is 2.17. The molecule has 1 fully saturated rings. The highest BCUT2D eigenvalue weighted by atomic mass is 35.5. The Morgan fingerprint density at radius 2 is 1.87 bits per heavy atom. The molecule has 82 valence electrons. The van der Waals surface area contributed by atoms with Crippen LogP contribution in [-0.4, -0.2) is 13.2 Å². The molecule has 1 aliphatic rings. The lowest BCUT2D eigenvalue weighted by atomic mass is 9.90. The average molecular weight is 225 g/mol. The predicted molar refractivity (Wildman–Crippen MR) is 63.7 cm³/mol. The van der Waals surface area contributed by atoms with Gasteiger partial charge in [0, 0.05) is 18.2 Å². The van der Waals surface area contributed by atoms with E-state index in [1.54, 1.807) is 0 Å². The lowest BCUT2D eigenvalue weighted by Gasteiger charge is -2.23. The van der Waals surface area contributed by atoms with Crippen molar-refractivity contribution in [3.8, 4) is 0 Å². The third kappa shape index (κ3) is 2.35. The second kappa shape index (κ2) is 4.54. The van der Waals surface area contributed by atoms with E-state index in [1.807, 2.05) is 0 Å². The van der Waals surface area contributed by atoms with E-state index in [4.69, 9.17) is 16.3 Å². The molecule has 1 aromatic rings. The molecule has 0 saturated carbocycles. The molecule has 2 rings (SSSR count). The Morgan fingerprint density at radius 3 is 2.47 bits per heavy atom. The van der Waals surface area contributed by atoms with Crippen molar-refractivity contribution in [1.82, 2.24) is 0 Å². The quantitative estimate of drug-likeness (QED) is 0.704. The van der Waals surface area contributed by atoms with Gasteiger partial charge < -0.3 is 4.74 Å². The smallest absolute Gasteiger partial charge is 0.0471 e. The van der Waals surface area contributed by atoms with Crippen molar-refractivity contribution in [1.29, 1.82) is 0 Å². The van der Waals surface area contributed by atoms with Crippen molar-refractivity contribution in [2.45, 2.75) is 32.6 Å². The van der Waals surface area contributed by atoms with Crippen molar-refractivity contribution in [3.63, 3.8) is 0 Å². The fraction of sp³-hybridized carbons (Fsp3) is 0.538. The summed E-state index contributed by atoms with van der Waals surface area (Å²) in [5.41, 5.74) is 3.88. The Labute approximate surface area is 96.4 Å². The third-order valence-electron chi connectivity index (χ3n) is 3.32. The summed E-state index contributed by atoms with van der Waals surface area (Å²) in [4.78, 5) is 0. The van der Waals surface area contributed by atoms with Crippen LogP contribution in [0.3, 0.4) is 0 Å². The molecular formula is C13H17ClO. The fourth-order valence-corrected chi connectivity index (χ4v) is 2.38. The molecule has 0 bridgehead atoms. The van der Waals surface area contributed by atoms with Crippen LogP contribution < -0.4 is 0 Å². The summed E-state index contributed by atoms with van der Waals surface area (Å²) < 4.78 is 5.37. The fourth-order valence-electron chi connectivity index (χ4n) is 2.11. The Kier molecular flexibility index (Phi) is 3.32. The average Bonchev–Trinajstić information content (AvgIpc) is 2.26. The van der Waals surface area contributed by atoms with Gasteiger partial charge in [-0.25, -0.2) is 0 Å². The standard InChI is InChI=1S/C13H17ClO/c1-9-7-12(8-13(14)10(9)2)11-3-5-15-6-4-11/h7-8,11H,3-6H2,1-2H3. The van der Waals surface area contributed by atoms with Gasteiger partial charge >= 0.3 is 0 Å². The molecule has 1 aromatic carbocycles. The third-order valence-corrected chi connectivity index (χ3v) is 3.71. The van der Waals surface area contributed by atoms with Crippen LogP contribution in [0.15, 0.2) is 12.1 Å². The van der Waals surface area contributed by atoms with E-state index in [1.165, 1.54) is 16.7 Å². The van der Waals surface area contributed by atoms with Gasteiger partial charge in [-0.1, -0.05) is 17.7 Å². The largest absolute Gasteiger partial charge is 0.381 e. The zero-order valence-corrected chi connectivity index (χ0v) is 10.1. The van der Waals surface area contributed by atoms with Crippen LogP contribution in [0.1, 0.15) is 35.4 Å². The first kappa shape index (κ1) is 11.0. The minimum Gasteiger partial charge on any atom is -0.381 e. The lowest BCUT2D eigenvalue weighted by Crippen LogP contribution is -2.14. The van der Waals surface area contributed by atoms with E-state index in [-0.39, 0.29) is 0 Å². The highest BCUT2D eigenvalue weighted by molar-refractivity contribution is 6.31. The zero-order valence-electron chi connectivity index (χ0n) is 9.35. The molecule has 15 heavy (non-hydrogen) atoms. The Bertz CT molecular complexity index is 331. The van der Waals surface area contributed by atoms with Crippen LogP contribution in [0.25, 0.3) is 0 Å². The molecule has 0 N–H and O–H groups in total. The number of hydrogen-bond donors (Lipinski definition) is 0. The van der Waals surface area contributed by atoms with Gasteiger partial charge in [-0.05, 0) is 55.4 Å². The van der Waals surface area contributed by atoms with Crippen molar-refractivity contribution < 1.29 is 4.74 Å². The maximum Gasteiger partial charge on any atom is 0.0471 e. The van der Waals surface area contributed by atoms with E-state index in [2.05, 4.69) is 26.0 Å². The van der Waals surface area contributed by atoms with Gasteiger partial charge in [0.2, 0.25) is 0 Å². The minimum absolute atomic E-state index is 0.635. The summed E-state index contributed by atoms with van der Waals surface area (Å²) >= 11 is 6.21. The van der Waals surface area contributed by atoms with Gasteiger partial charge in [0.15, 0.2) is 0 Å². The predicted octanol–water partition coefficient (Wildman–Crippen LogP) is 3.85. The van der Waals surface area contributed by atoms with E-state index in [0.29, 0.717) is 5.92 Å². The summed E-state index contributed by atoms with van der Waals surface area (Å²) in [6, 6.07) is 4.40. The SMILES string of the molecule is Cc1cc(C2CCOCC2)cc(Cl)c1C. The molecule has 0 spiro atoms. The number of aryl methyl sites for hydroxylation is 1. The normalized spacial score (nSPS) is 18.1. The topological polar surface area (TPSA) is 9.23 Å². The van der Waals surface area contributed by atoms with Gasteiger partial charge in [-0.15, -0.1) is 0 Å². The van der Waals surface area contributed by atoms with Crippen LogP contribution in [0, 0.1) is 13.8 Å². The molecule has 1 nitrogen and oxygen atoms in total. The monoisotopic (exact) mass is 224 g/mol. The molecule has 0 amide bonds. The van der Waals surface area contributed by atoms with Crippen molar-refractivity contribution in [2.24, 2.45) is 0 Å². The van der Waals surface area contributed by atoms with Crippen molar-refractivity contribution in [3.05, 3.63) is 33.8 Å². The maximum atomic E-state index is 6.21. The Balaban J connectivity index is 2.27. The summed E-state index contributed by atoms with van der Waals surface area (Å²) in [7, 11) is 0. The van der Waals surface area contributed by atoms with Crippen LogP contribution in [-0.2, 0) is 4.74 Å². The van der Waals surface area contributed by atoms with Gasteiger partial charge in [0.1, 0.15) is 0 Å². The Hall–Kier alpha value is -0.530.